The van der Waals surface area contributed by atoms with E-state index in [1.54, 1.807) is 9.80 Å². The van der Waals surface area contributed by atoms with Crippen LogP contribution in [-0.4, -0.2) is 69.5 Å². The molecule has 2 fully saturated rings. The van der Waals surface area contributed by atoms with Crippen LogP contribution in [0.5, 0.6) is 0 Å². The minimum absolute atomic E-state index is 0.0765. The highest BCUT2D eigenvalue weighted by molar-refractivity contribution is 6.35. The number of aromatic nitrogens is 2. The molecule has 2 aliphatic carbocycles. The van der Waals surface area contributed by atoms with Crippen LogP contribution in [0.25, 0.3) is 5.69 Å². The lowest BCUT2D eigenvalue weighted by Crippen LogP contribution is -2.54. The maximum Gasteiger partial charge on any atom is 0.312 e. The van der Waals surface area contributed by atoms with Crippen molar-refractivity contribution in [3.63, 3.8) is 0 Å². The molecule has 3 aliphatic rings. The first kappa shape index (κ1) is 20.7. The number of amides is 3. The summed E-state index contributed by atoms with van der Waals surface area (Å²) in [5, 5.41) is 7.53. The van der Waals surface area contributed by atoms with Gasteiger partial charge in [0.15, 0.2) is 5.69 Å². The van der Waals surface area contributed by atoms with Crippen molar-refractivity contribution in [2.24, 2.45) is 0 Å². The van der Waals surface area contributed by atoms with Crippen molar-refractivity contribution in [3.05, 3.63) is 47.3 Å². The fourth-order valence-corrected chi connectivity index (χ4v) is 4.61. The molecular weight excluding hydrogens is 406 g/mol. The molecule has 0 unspecified atom stereocenters. The summed E-state index contributed by atoms with van der Waals surface area (Å²) in [5.74, 6) is -1.10. The second kappa shape index (κ2) is 8.76. The van der Waals surface area contributed by atoms with E-state index >= 15 is 0 Å². The van der Waals surface area contributed by atoms with Gasteiger partial charge < -0.3 is 15.1 Å². The summed E-state index contributed by atoms with van der Waals surface area (Å²) >= 11 is 0. The van der Waals surface area contributed by atoms with E-state index in [0.29, 0.717) is 31.9 Å². The molecule has 8 heteroatoms. The van der Waals surface area contributed by atoms with E-state index in [2.05, 4.69) is 5.32 Å². The number of carbonyl (C=O) groups is 3. The molecule has 32 heavy (non-hydrogen) atoms. The first-order chi connectivity index (χ1) is 15.6. The van der Waals surface area contributed by atoms with Gasteiger partial charge in [-0.25, -0.2) is 4.68 Å². The Labute approximate surface area is 187 Å². The van der Waals surface area contributed by atoms with Gasteiger partial charge in [-0.3, -0.25) is 14.4 Å². The Hall–Kier alpha value is -3.16. The molecule has 1 saturated heterocycles. The van der Waals surface area contributed by atoms with Gasteiger partial charge in [-0.1, -0.05) is 24.6 Å². The normalized spacial score (nSPS) is 18.6. The van der Waals surface area contributed by atoms with Crippen molar-refractivity contribution in [3.8, 4) is 5.69 Å². The predicted molar refractivity (Wildman–Crippen MR) is 118 cm³/mol. The number of hydrogen-bond acceptors (Lipinski definition) is 4. The van der Waals surface area contributed by atoms with Gasteiger partial charge in [0.1, 0.15) is 0 Å². The van der Waals surface area contributed by atoms with Crippen LogP contribution >= 0.6 is 0 Å². The molecule has 1 saturated carbocycles. The second-order valence-electron chi connectivity index (χ2n) is 8.91. The summed E-state index contributed by atoms with van der Waals surface area (Å²) in [6.45, 7) is 1.55. The Morgan fingerprint density at radius 3 is 2.28 bits per heavy atom. The molecule has 0 spiro atoms. The molecule has 2 aromatic rings. The van der Waals surface area contributed by atoms with E-state index in [9.17, 15) is 14.4 Å². The fraction of sp³-hybridized carbons (Fsp3) is 0.500. The van der Waals surface area contributed by atoms with Gasteiger partial charge in [0, 0.05) is 43.5 Å². The van der Waals surface area contributed by atoms with Gasteiger partial charge in [-0.2, -0.15) is 5.10 Å². The first-order valence-electron chi connectivity index (χ1n) is 11.7. The fourth-order valence-electron chi connectivity index (χ4n) is 4.61. The Morgan fingerprint density at radius 2 is 1.56 bits per heavy atom. The predicted octanol–water partition coefficient (Wildman–Crippen LogP) is 1.70. The average Bonchev–Trinajstić information content (AvgIpc) is 3.62. The molecule has 1 aliphatic heterocycles. The molecule has 2 heterocycles. The number of nitrogens with one attached hydrogen (secondary N) is 1. The molecular formula is C24H29N5O3. The van der Waals surface area contributed by atoms with E-state index in [0.717, 1.165) is 61.9 Å². The van der Waals surface area contributed by atoms with Gasteiger partial charge in [0.25, 0.3) is 5.91 Å². The van der Waals surface area contributed by atoms with Gasteiger partial charge in [0.05, 0.1) is 5.69 Å². The van der Waals surface area contributed by atoms with Gasteiger partial charge in [0.2, 0.25) is 0 Å². The summed E-state index contributed by atoms with van der Waals surface area (Å²) in [4.78, 5) is 41.2. The van der Waals surface area contributed by atoms with Gasteiger partial charge in [-0.05, 0) is 50.7 Å². The van der Waals surface area contributed by atoms with Crippen LogP contribution in [-0.2, 0) is 22.4 Å². The van der Waals surface area contributed by atoms with Crippen LogP contribution in [0.15, 0.2) is 30.3 Å². The summed E-state index contributed by atoms with van der Waals surface area (Å²) < 4.78 is 1.94. The van der Waals surface area contributed by atoms with Crippen molar-refractivity contribution in [2.75, 3.05) is 26.2 Å². The van der Waals surface area contributed by atoms with E-state index in [1.807, 2.05) is 35.0 Å². The zero-order chi connectivity index (χ0) is 22.1. The number of benzene rings is 1. The largest absolute Gasteiger partial charge is 0.345 e. The number of fused-ring (bicyclic) bond motifs is 1. The van der Waals surface area contributed by atoms with Crippen LogP contribution in [0.1, 0.15) is 53.8 Å². The minimum Gasteiger partial charge on any atom is -0.345 e. The lowest BCUT2D eigenvalue weighted by atomic mass is 10.1. The van der Waals surface area contributed by atoms with Crippen molar-refractivity contribution in [1.29, 1.82) is 0 Å². The van der Waals surface area contributed by atoms with E-state index in [4.69, 9.17) is 5.10 Å². The van der Waals surface area contributed by atoms with Crippen LogP contribution in [0.2, 0.25) is 0 Å². The van der Waals surface area contributed by atoms with Crippen molar-refractivity contribution >= 4 is 17.7 Å². The molecule has 1 aromatic carbocycles. The van der Waals surface area contributed by atoms with Crippen LogP contribution < -0.4 is 5.32 Å². The maximum absolute atomic E-state index is 13.5. The summed E-state index contributed by atoms with van der Waals surface area (Å²) in [5.41, 5.74) is 3.72. The molecule has 8 nitrogen and oxygen atoms in total. The zero-order valence-corrected chi connectivity index (χ0v) is 18.3. The molecule has 5 rings (SSSR count). The Morgan fingerprint density at radius 1 is 0.875 bits per heavy atom. The summed E-state index contributed by atoms with van der Waals surface area (Å²) in [6.07, 6.45) is 6.99. The maximum atomic E-state index is 13.5. The van der Waals surface area contributed by atoms with Crippen LogP contribution in [0.4, 0.5) is 0 Å². The molecule has 1 N–H and O–H groups in total. The average molecular weight is 436 g/mol. The Kier molecular flexibility index (Phi) is 5.68. The van der Waals surface area contributed by atoms with Crippen LogP contribution in [0, 0.1) is 0 Å². The third-order valence-electron chi connectivity index (χ3n) is 6.59. The summed E-state index contributed by atoms with van der Waals surface area (Å²) in [6, 6.07) is 10.1. The minimum atomic E-state index is -0.529. The van der Waals surface area contributed by atoms with E-state index in [-0.39, 0.29) is 11.9 Å². The lowest BCUT2D eigenvalue weighted by molar-refractivity contribution is -0.146. The van der Waals surface area contributed by atoms with Crippen molar-refractivity contribution in [1.82, 2.24) is 24.9 Å². The SMILES string of the molecule is O=C(NC1CC1)C(=O)N1CCN(C(=O)c2nn(-c3ccccc3)c3c2CCCCC3)CC1. The monoisotopic (exact) mass is 435 g/mol. The Balaban J connectivity index is 1.32. The quantitative estimate of drug-likeness (QED) is 0.587. The van der Waals surface area contributed by atoms with Gasteiger partial charge in [-0.15, -0.1) is 0 Å². The third-order valence-corrected chi connectivity index (χ3v) is 6.59. The molecule has 0 radical (unpaired) electrons. The Bertz CT molecular complexity index is 1020. The van der Waals surface area contributed by atoms with Gasteiger partial charge >= 0.3 is 11.8 Å². The smallest absolute Gasteiger partial charge is 0.312 e. The number of nitrogens with zero attached hydrogens (tertiary/aromatic N) is 4. The highest BCUT2D eigenvalue weighted by atomic mass is 16.2. The first-order valence-corrected chi connectivity index (χ1v) is 11.7. The lowest BCUT2D eigenvalue weighted by Gasteiger charge is -2.34. The number of para-hydroxylation sites is 1. The number of rotatable bonds is 3. The number of hydrogen-bond donors (Lipinski definition) is 1. The zero-order valence-electron chi connectivity index (χ0n) is 18.3. The number of piperazine rings is 1. The molecule has 3 amide bonds. The second-order valence-corrected chi connectivity index (χ2v) is 8.91. The standard InChI is InChI=1S/C24H29N5O3/c30-22(25-17-11-12-17)24(32)28-15-13-27(14-16-28)23(31)21-19-9-5-2-6-10-20(19)29(26-21)18-7-3-1-4-8-18/h1,3-4,7-8,17H,2,5-6,9-16H2,(H,25,30). The highest BCUT2D eigenvalue weighted by Crippen LogP contribution is 2.27. The highest BCUT2D eigenvalue weighted by Gasteiger charge is 2.33. The molecule has 168 valence electrons. The molecule has 0 atom stereocenters. The molecule has 0 bridgehead atoms. The van der Waals surface area contributed by atoms with E-state index in [1.165, 1.54) is 0 Å². The summed E-state index contributed by atoms with van der Waals surface area (Å²) in [7, 11) is 0. The van der Waals surface area contributed by atoms with E-state index < -0.39 is 11.8 Å². The molecule has 1 aromatic heterocycles. The topological polar surface area (TPSA) is 87.5 Å². The van der Waals surface area contributed by atoms with Crippen molar-refractivity contribution in [2.45, 2.75) is 51.0 Å². The van der Waals surface area contributed by atoms with Crippen molar-refractivity contribution < 1.29 is 14.4 Å². The third kappa shape index (κ3) is 4.13. The number of carbonyl (C=O) groups excluding carboxylic acids is 3. The van der Waals surface area contributed by atoms with Crippen LogP contribution in [0.3, 0.4) is 0 Å².